The lowest BCUT2D eigenvalue weighted by molar-refractivity contribution is -0.384. The highest BCUT2D eigenvalue weighted by Gasteiger charge is 2.27. The SMILES string of the molecule is CCSc1ccc([N+](=O)[O-])cc1C(=O)N1CCC(CC(=O)O)CC1. The molecule has 0 saturated carbocycles. The highest BCUT2D eigenvalue weighted by molar-refractivity contribution is 7.99. The van der Waals surface area contributed by atoms with Gasteiger partial charge in [-0.1, -0.05) is 6.92 Å². The molecule has 1 heterocycles. The number of carboxylic acid groups (broad SMARTS) is 1. The quantitative estimate of drug-likeness (QED) is 0.480. The zero-order chi connectivity index (χ0) is 17.7. The summed E-state index contributed by atoms with van der Waals surface area (Å²) in [5.74, 6) is -0.191. The second-order valence-corrected chi connectivity index (χ2v) is 7.01. The van der Waals surface area contributed by atoms with Crippen molar-refractivity contribution in [2.45, 2.75) is 31.1 Å². The zero-order valence-electron chi connectivity index (χ0n) is 13.4. The maximum Gasteiger partial charge on any atom is 0.303 e. The van der Waals surface area contributed by atoms with Crippen molar-refractivity contribution in [2.24, 2.45) is 5.92 Å². The van der Waals surface area contributed by atoms with Crippen LogP contribution in [0, 0.1) is 16.0 Å². The van der Waals surface area contributed by atoms with Crippen LogP contribution in [0.25, 0.3) is 0 Å². The van der Waals surface area contributed by atoms with E-state index in [0.717, 1.165) is 10.6 Å². The molecule has 0 radical (unpaired) electrons. The van der Waals surface area contributed by atoms with E-state index >= 15 is 0 Å². The minimum atomic E-state index is -0.819. The number of piperidine rings is 1. The molecule has 1 aromatic carbocycles. The first-order valence-electron chi connectivity index (χ1n) is 7.84. The van der Waals surface area contributed by atoms with Crippen LogP contribution in [-0.2, 0) is 4.79 Å². The number of amides is 1. The first-order chi connectivity index (χ1) is 11.4. The van der Waals surface area contributed by atoms with Crippen LogP contribution in [0.5, 0.6) is 0 Å². The molecule has 8 heteroatoms. The predicted molar refractivity (Wildman–Crippen MR) is 90.4 cm³/mol. The number of carbonyl (C=O) groups excluding carboxylic acids is 1. The number of hydrogen-bond acceptors (Lipinski definition) is 5. The largest absolute Gasteiger partial charge is 0.481 e. The average molecular weight is 352 g/mol. The fraction of sp³-hybridized carbons (Fsp3) is 0.500. The van der Waals surface area contributed by atoms with Crippen LogP contribution in [0.15, 0.2) is 23.1 Å². The molecular formula is C16H20N2O5S. The van der Waals surface area contributed by atoms with E-state index in [0.29, 0.717) is 31.5 Å². The van der Waals surface area contributed by atoms with Gasteiger partial charge in [-0.3, -0.25) is 19.7 Å². The summed E-state index contributed by atoms with van der Waals surface area (Å²) in [5, 5.41) is 19.8. The molecule has 1 aliphatic heterocycles. The number of carboxylic acids is 1. The van der Waals surface area contributed by atoms with E-state index in [4.69, 9.17) is 5.11 Å². The maximum atomic E-state index is 12.8. The number of hydrogen-bond donors (Lipinski definition) is 1. The van der Waals surface area contributed by atoms with Gasteiger partial charge in [0.2, 0.25) is 0 Å². The summed E-state index contributed by atoms with van der Waals surface area (Å²) in [6.45, 7) is 2.92. The Morgan fingerprint density at radius 3 is 2.58 bits per heavy atom. The lowest BCUT2D eigenvalue weighted by Gasteiger charge is -2.31. The van der Waals surface area contributed by atoms with Gasteiger partial charge in [-0.15, -0.1) is 11.8 Å². The number of likely N-dealkylation sites (tertiary alicyclic amines) is 1. The van der Waals surface area contributed by atoms with Gasteiger partial charge in [0.1, 0.15) is 0 Å². The number of thioether (sulfide) groups is 1. The molecule has 1 fully saturated rings. The molecule has 0 spiro atoms. The minimum absolute atomic E-state index is 0.0844. The molecule has 0 unspecified atom stereocenters. The lowest BCUT2D eigenvalue weighted by Crippen LogP contribution is -2.39. The Kier molecular flexibility index (Phi) is 6.19. The highest BCUT2D eigenvalue weighted by atomic mass is 32.2. The fourth-order valence-corrected chi connectivity index (χ4v) is 3.61. The van der Waals surface area contributed by atoms with Crippen molar-refractivity contribution in [3.05, 3.63) is 33.9 Å². The summed E-state index contributed by atoms with van der Waals surface area (Å²) in [7, 11) is 0. The summed E-state index contributed by atoms with van der Waals surface area (Å²) >= 11 is 1.48. The van der Waals surface area contributed by atoms with Crippen molar-refractivity contribution >= 4 is 29.3 Å². The molecule has 0 aromatic heterocycles. The Bertz CT molecular complexity index is 641. The van der Waals surface area contributed by atoms with E-state index in [1.807, 2.05) is 6.92 Å². The van der Waals surface area contributed by atoms with Crippen LogP contribution in [0.3, 0.4) is 0 Å². The summed E-state index contributed by atoms with van der Waals surface area (Å²) in [5.41, 5.74) is 0.257. The van der Waals surface area contributed by atoms with Crippen molar-refractivity contribution < 1.29 is 19.6 Å². The lowest BCUT2D eigenvalue weighted by atomic mass is 9.93. The molecule has 0 aliphatic carbocycles. The second kappa shape index (κ2) is 8.14. The minimum Gasteiger partial charge on any atom is -0.481 e. The standard InChI is InChI=1S/C16H20N2O5S/c1-2-24-14-4-3-12(18(22)23)10-13(14)16(21)17-7-5-11(6-8-17)9-15(19)20/h3-4,10-11H,2,5-9H2,1H3,(H,19,20). The number of aliphatic carboxylic acids is 1. The predicted octanol–water partition coefficient (Wildman–Crippen LogP) is 3.03. The van der Waals surface area contributed by atoms with Crippen LogP contribution in [0.4, 0.5) is 5.69 Å². The molecular weight excluding hydrogens is 332 g/mol. The molecule has 2 rings (SSSR count). The molecule has 1 aromatic rings. The molecule has 130 valence electrons. The number of rotatable bonds is 6. The van der Waals surface area contributed by atoms with E-state index in [2.05, 4.69) is 0 Å². The topological polar surface area (TPSA) is 101 Å². The van der Waals surface area contributed by atoms with Crippen LogP contribution >= 0.6 is 11.8 Å². The van der Waals surface area contributed by atoms with E-state index in [1.165, 1.54) is 23.9 Å². The van der Waals surface area contributed by atoms with Crippen LogP contribution < -0.4 is 0 Å². The molecule has 24 heavy (non-hydrogen) atoms. The Morgan fingerprint density at radius 1 is 1.38 bits per heavy atom. The van der Waals surface area contributed by atoms with Gasteiger partial charge in [0.15, 0.2) is 0 Å². The molecule has 1 N–H and O–H groups in total. The van der Waals surface area contributed by atoms with Crippen molar-refractivity contribution in [1.82, 2.24) is 4.90 Å². The van der Waals surface area contributed by atoms with Gasteiger partial charge < -0.3 is 10.0 Å². The third-order valence-electron chi connectivity index (χ3n) is 4.07. The highest BCUT2D eigenvalue weighted by Crippen LogP contribution is 2.29. The molecule has 0 bridgehead atoms. The first-order valence-corrected chi connectivity index (χ1v) is 8.83. The van der Waals surface area contributed by atoms with Crippen LogP contribution in [0.1, 0.15) is 36.5 Å². The molecule has 7 nitrogen and oxygen atoms in total. The third kappa shape index (κ3) is 4.47. The van der Waals surface area contributed by atoms with Crippen molar-refractivity contribution in [1.29, 1.82) is 0 Å². The average Bonchev–Trinajstić information content (AvgIpc) is 2.55. The number of benzene rings is 1. The zero-order valence-corrected chi connectivity index (χ0v) is 14.3. The van der Waals surface area contributed by atoms with Crippen molar-refractivity contribution in [3.8, 4) is 0 Å². The van der Waals surface area contributed by atoms with E-state index in [9.17, 15) is 19.7 Å². The number of non-ortho nitro benzene ring substituents is 1. The normalized spacial score (nSPS) is 15.3. The van der Waals surface area contributed by atoms with Gasteiger partial charge in [-0.25, -0.2) is 0 Å². The Labute approximate surface area is 144 Å². The van der Waals surface area contributed by atoms with Crippen molar-refractivity contribution in [2.75, 3.05) is 18.8 Å². The van der Waals surface area contributed by atoms with E-state index < -0.39 is 10.9 Å². The molecule has 1 aliphatic rings. The summed E-state index contributed by atoms with van der Waals surface area (Å²) in [6, 6.07) is 4.37. The summed E-state index contributed by atoms with van der Waals surface area (Å²) in [4.78, 5) is 36.4. The number of nitro benzene ring substituents is 1. The van der Waals surface area contributed by atoms with Gasteiger partial charge in [0.05, 0.1) is 10.5 Å². The van der Waals surface area contributed by atoms with Gasteiger partial charge in [-0.05, 0) is 30.6 Å². The smallest absolute Gasteiger partial charge is 0.303 e. The van der Waals surface area contributed by atoms with Crippen molar-refractivity contribution in [3.63, 3.8) is 0 Å². The third-order valence-corrected chi connectivity index (χ3v) is 5.02. The number of nitrogens with zero attached hydrogens (tertiary/aromatic N) is 2. The molecule has 1 saturated heterocycles. The fourth-order valence-electron chi connectivity index (χ4n) is 2.84. The maximum absolute atomic E-state index is 12.8. The Morgan fingerprint density at radius 2 is 2.04 bits per heavy atom. The Hall–Kier alpha value is -2.09. The first kappa shape index (κ1) is 18.3. The van der Waals surface area contributed by atoms with Crippen LogP contribution in [-0.4, -0.2) is 45.6 Å². The van der Waals surface area contributed by atoms with E-state index in [1.54, 1.807) is 11.0 Å². The molecule has 1 amide bonds. The Balaban J connectivity index is 2.15. The summed E-state index contributed by atoms with van der Waals surface area (Å²) in [6.07, 6.45) is 1.40. The number of carbonyl (C=O) groups is 2. The van der Waals surface area contributed by atoms with Gasteiger partial charge in [0, 0.05) is 36.5 Å². The van der Waals surface area contributed by atoms with Gasteiger partial charge >= 0.3 is 5.97 Å². The van der Waals surface area contributed by atoms with Gasteiger partial charge in [0.25, 0.3) is 11.6 Å². The monoisotopic (exact) mass is 352 g/mol. The van der Waals surface area contributed by atoms with Crippen LogP contribution in [0.2, 0.25) is 0 Å². The molecule has 0 atom stereocenters. The van der Waals surface area contributed by atoms with Gasteiger partial charge in [-0.2, -0.15) is 0 Å². The number of nitro groups is 1. The summed E-state index contributed by atoms with van der Waals surface area (Å²) < 4.78 is 0. The van der Waals surface area contributed by atoms with E-state index in [-0.39, 0.29) is 23.9 Å². The second-order valence-electron chi connectivity index (χ2n) is 5.70.